The highest BCUT2D eigenvalue weighted by Crippen LogP contribution is 2.10. The molecule has 1 rings (SSSR count). The maximum atomic E-state index is 13.1. The van der Waals surface area contributed by atoms with E-state index < -0.39 is 11.6 Å². The normalized spacial score (nSPS) is 10.5. The van der Waals surface area contributed by atoms with Crippen LogP contribution in [0.15, 0.2) is 18.2 Å². The first-order valence-electron chi connectivity index (χ1n) is 4.88. The van der Waals surface area contributed by atoms with Crippen LogP contribution < -0.4 is 5.32 Å². The zero-order valence-electron chi connectivity index (χ0n) is 8.32. The van der Waals surface area contributed by atoms with Gasteiger partial charge in [0.1, 0.15) is 11.6 Å². The van der Waals surface area contributed by atoms with Crippen molar-refractivity contribution in [3.63, 3.8) is 0 Å². The summed E-state index contributed by atoms with van der Waals surface area (Å²) in [7, 11) is 0. The van der Waals surface area contributed by atoms with E-state index in [2.05, 4.69) is 5.32 Å². The number of halogens is 2. The van der Waals surface area contributed by atoms with Crippen LogP contribution in [0.5, 0.6) is 0 Å². The molecule has 0 amide bonds. The van der Waals surface area contributed by atoms with Crippen LogP contribution in [0.4, 0.5) is 8.78 Å². The molecule has 0 heterocycles. The molecular weight excluding hydrogens is 184 g/mol. The summed E-state index contributed by atoms with van der Waals surface area (Å²) in [6, 6.07) is 3.74. The lowest BCUT2D eigenvalue weighted by Crippen LogP contribution is -2.14. The number of hydrogen-bond acceptors (Lipinski definition) is 1. The summed E-state index contributed by atoms with van der Waals surface area (Å²) < 4.78 is 25.6. The standard InChI is InChI=1S/C11H15F2N/c1-2-14-7-3-4-9-5-6-10(12)8-11(9)13/h5-6,8,14H,2-4,7H2,1H3. The lowest BCUT2D eigenvalue weighted by Gasteiger charge is -2.03. The zero-order valence-corrected chi connectivity index (χ0v) is 8.32. The Bertz CT molecular complexity index is 287. The highest BCUT2D eigenvalue weighted by atomic mass is 19.1. The Morgan fingerprint density at radius 1 is 1.29 bits per heavy atom. The Morgan fingerprint density at radius 2 is 2.07 bits per heavy atom. The van der Waals surface area contributed by atoms with Crippen LogP contribution in [0, 0.1) is 11.6 Å². The third kappa shape index (κ3) is 3.42. The van der Waals surface area contributed by atoms with Gasteiger partial charge in [-0.2, -0.15) is 0 Å². The van der Waals surface area contributed by atoms with Gasteiger partial charge in [0.2, 0.25) is 0 Å². The van der Waals surface area contributed by atoms with Gasteiger partial charge in [-0.1, -0.05) is 13.0 Å². The number of nitrogens with one attached hydrogen (secondary N) is 1. The van der Waals surface area contributed by atoms with Crippen LogP contribution in [0.25, 0.3) is 0 Å². The largest absolute Gasteiger partial charge is 0.317 e. The molecule has 0 fully saturated rings. The monoisotopic (exact) mass is 199 g/mol. The summed E-state index contributed by atoms with van der Waals surface area (Å²) in [5.41, 5.74) is 0.587. The van der Waals surface area contributed by atoms with E-state index in [0.29, 0.717) is 12.0 Å². The van der Waals surface area contributed by atoms with Crippen LogP contribution in [0.3, 0.4) is 0 Å². The molecular formula is C11H15F2N. The quantitative estimate of drug-likeness (QED) is 0.718. The molecule has 0 atom stereocenters. The predicted molar refractivity (Wildman–Crippen MR) is 53.2 cm³/mol. The Kier molecular flexibility index (Phi) is 4.53. The topological polar surface area (TPSA) is 12.0 Å². The van der Waals surface area contributed by atoms with E-state index >= 15 is 0 Å². The molecule has 0 unspecified atom stereocenters. The SMILES string of the molecule is CCNCCCc1ccc(F)cc1F. The molecule has 14 heavy (non-hydrogen) atoms. The van der Waals surface area contributed by atoms with E-state index in [1.807, 2.05) is 6.92 Å². The van der Waals surface area contributed by atoms with Crippen LogP contribution in [-0.2, 0) is 6.42 Å². The maximum absolute atomic E-state index is 13.1. The van der Waals surface area contributed by atoms with Crippen molar-refractivity contribution in [3.8, 4) is 0 Å². The van der Waals surface area contributed by atoms with Crippen LogP contribution >= 0.6 is 0 Å². The Balaban J connectivity index is 2.42. The Hall–Kier alpha value is -0.960. The molecule has 0 saturated carbocycles. The molecule has 0 bridgehead atoms. The van der Waals surface area contributed by atoms with Crippen molar-refractivity contribution >= 4 is 0 Å². The van der Waals surface area contributed by atoms with Gasteiger partial charge >= 0.3 is 0 Å². The third-order valence-electron chi connectivity index (χ3n) is 2.06. The first-order chi connectivity index (χ1) is 6.74. The fourth-order valence-corrected chi connectivity index (χ4v) is 1.31. The molecule has 0 aliphatic rings. The Morgan fingerprint density at radius 3 is 2.71 bits per heavy atom. The van der Waals surface area contributed by atoms with Crippen molar-refractivity contribution in [2.45, 2.75) is 19.8 Å². The molecule has 78 valence electrons. The fraction of sp³-hybridized carbons (Fsp3) is 0.455. The van der Waals surface area contributed by atoms with Gasteiger partial charge in [0.05, 0.1) is 0 Å². The lowest BCUT2D eigenvalue weighted by atomic mass is 10.1. The van der Waals surface area contributed by atoms with Gasteiger partial charge in [0, 0.05) is 6.07 Å². The maximum Gasteiger partial charge on any atom is 0.129 e. The zero-order chi connectivity index (χ0) is 10.4. The van der Waals surface area contributed by atoms with Gasteiger partial charge in [-0.3, -0.25) is 0 Å². The minimum atomic E-state index is -0.516. The van der Waals surface area contributed by atoms with Crippen molar-refractivity contribution in [2.75, 3.05) is 13.1 Å². The minimum Gasteiger partial charge on any atom is -0.317 e. The summed E-state index contributed by atoms with van der Waals surface area (Å²) >= 11 is 0. The number of rotatable bonds is 5. The smallest absolute Gasteiger partial charge is 0.129 e. The van der Waals surface area contributed by atoms with Crippen molar-refractivity contribution in [1.82, 2.24) is 5.32 Å². The van der Waals surface area contributed by atoms with Gasteiger partial charge in [0.15, 0.2) is 0 Å². The van der Waals surface area contributed by atoms with E-state index in [1.165, 1.54) is 12.1 Å². The fourth-order valence-electron chi connectivity index (χ4n) is 1.31. The summed E-state index contributed by atoms with van der Waals surface area (Å²) in [5, 5.41) is 3.15. The average molecular weight is 199 g/mol. The van der Waals surface area contributed by atoms with Gasteiger partial charge in [0.25, 0.3) is 0 Å². The van der Waals surface area contributed by atoms with Gasteiger partial charge in [-0.15, -0.1) is 0 Å². The summed E-state index contributed by atoms with van der Waals surface area (Å²) in [6.07, 6.45) is 1.52. The Labute approximate surface area is 83.1 Å². The molecule has 0 aromatic heterocycles. The summed E-state index contributed by atoms with van der Waals surface area (Å²) in [4.78, 5) is 0. The number of benzene rings is 1. The molecule has 0 saturated heterocycles. The molecule has 1 aromatic rings. The first-order valence-corrected chi connectivity index (χ1v) is 4.88. The van der Waals surface area contributed by atoms with Gasteiger partial charge in [-0.05, 0) is 37.6 Å². The van der Waals surface area contributed by atoms with Crippen molar-refractivity contribution in [2.24, 2.45) is 0 Å². The second-order valence-electron chi connectivity index (χ2n) is 3.19. The highest BCUT2D eigenvalue weighted by Gasteiger charge is 2.02. The van der Waals surface area contributed by atoms with Crippen molar-refractivity contribution in [1.29, 1.82) is 0 Å². The molecule has 0 aliphatic heterocycles. The molecule has 0 spiro atoms. The van der Waals surface area contributed by atoms with E-state index in [1.54, 1.807) is 0 Å². The van der Waals surface area contributed by atoms with Crippen LogP contribution in [0.2, 0.25) is 0 Å². The molecule has 0 radical (unpaired) electrons. The van der Waals surface area contributed by atoms with Crippen LogP contribution in [-0.4, -0.2) is 13.1 Å². The predicted octanol–water partition coefficient (Wildman–Crippen LogP) is 2.51. The van der Waals surface area contributed by atoms with E-state index in [0.717, 1.165) is 25.6 Å². The van der Waals surface area contributed by atoms with Crippen molar-refractivity contribution < 1.29 is 8.78 Å². The minimum absolute atomic E-state index is 0.443. The van der Waals surface area contributed by atoms with Gasteiger partial charge in [-0.25, -0.2) is 8.78 Å². The highest BCUT2D eigenvalue weighted by molar-refractivity contribution is 5.18. The molecule has 0 aliphatic carbocycles. The second-order valence-corrected chi connectivity index (χ2v) is 3.19. The third-order valence-corrected chi connectivity index (χ3v) is 2.06. The molecule has 1 nitrogen and oxygen atoms in total. The average Bonchev–Trinajstić information content (AvgIpc) is 2.15. The van der Waals surface area contributed by atoms with Crippen LogP contribution in [0.1, 0.15) is 18.9 Å². The lowest BCUT2D eigenvalue weighted by molar-refractivity contribution is 0.566. The second kappa shape index (κ2) is 5.70. The number of aryl methyl sites for hydroxylation is 1. The first kappa shape index (κ1) is 11.1. The molecule has 3 heteroatoms. The van der Waals surface area contributed by atoms with Crippen molar-refractivity contribution in [3.05, 3.63) is 35.4 Å². The number of hydrogen-bond donors (Lipinski definition) is 1. The van der Waals surface area contributed by atoms with E-state index in [4.69, 9.17) is 0 Å². The van der Waals surface area contributed by atoms with Gasteiger partial charge < -0.3 is 5.32 Å². The summed E-state index contributed by atoms with van der Waals surface area (Å²) in [6.45, 7) is 3.82. The summed E-state index contributed by atoms with van der Waals surface area (Å²) in [5.74, 6) is -0.959. The van der Waals surface area contributed by atoms with E-state index in [-0.39, 0.29) is 0 Å². The van der Waals surface area contributed by atoms with E-state index in [9.17, 15) is 8.78 Å². The molecule has 1 N–H and O–H groups in total. The molecule has 1 aromatic carbocycles.